The van der Waals surface area contributed by atoms with Crippen LogP contribution in [0.1, 0.15) is 26.7 Å². The Bertz CT molecular complexity index is 246. The molecular formula is C9H18NO3PY. The van der Waals surface area contributed by atoms with Crippen LogP contribution >= 0.6 is 7.80 Å². The quantitative estimate of drug-likeness (QED) is 0.746. The van der Waals surface area contributed by atoms with E-state index in [-0.39, 0.29) is 44.4 Å². The van der Waals surface area contributed by atoms with Crippen LogP contribution in [0.4, 0.5) is 0 Å². The first-order valence-electron chi connectivity index (χ1n) is 4.76. The van der Waals surface area contributed by atoms with Gasteiger partial charge in [0, 0.05) is 52.2 Å². The monoisotopic (exact) mass is 308 g/mol. The molecular weight excluding hydrogens is 290 g/mol. The molecule has 0 rings (SSSR count). The molecule has 2 atom stereocenters. The van der Waals surface area contributed by atoms with E-state index in [2.05, 4.69) is 5.32 Å². The van der Waals surface area contributed by atoms with Crippen LogP contribution in [0.2, 0.25) is 0 Å². The number of carbonyl (C=O) groups excluding carboxylic acids is 2. The number of hydrogen-bond donors (Lipinski definition) is 1. The predicted molar refractivity (Wildman–Crippen MR) is 57.3 cm³/mol. The molecule has 15 heavy (non-hydrogen) atoms. The van der Waals surface area contributed by atoms with E-state index in [1.54, 1.807) is 13.6 Å². The second kappa shape index (κ2) is 9.68. The van der Waals surface area contributed by atoms with Crippen molar-refractivity contribution in [1.29, 1.82) is 0 Å². The fourth-order valence-corrected chi connectivity index (χ4v) is 1.85. The summed E-state index contributed by atoms with van der Waals surface area (Å²) >= 11 is 0. The number of rotatable bonds is 6. The van der Waals surface area contributed by atoms with Gasteiger partial charge in [-0.25, -0.2) is 0 Å². The van der Waals surface area contributed by atoms with Gasteiger partial charge in [0.1, 0.15) is 0 Å². The van der Waals surface area contributed by atoms with Crippen LogP contribution in [0.5, 0.6) is 0 Å². The van der Waals surface area contributed by atoms with Crippen LogP contribution in [-0.2, 0) is 46.9 Å². The van der Waals surface area contributed by atoms with Gasteiger partial charge in [-0.15, -0.1) is 0 Å². The molecule has 2 unspecified atom stereocenters. The van der Waals surface area contributed by atoms with Crippen molar-refractivity contribution < 1.29 is 46.9 Å². The molecule has 0 heterocycles. The summed E-state index contributed by atoms with van der Waals surface area (Å²) in [5, 5.41) is 2.57. The Balaban J connectivity index is 0. The van der Waals surface area contributed by atoms with E-state index in [9.17, 15) is 14.2 Å². The Labute approximate surface area is 117 Å². The second-order valence-electron chi connectivity index (χ2n) is 3.31. The van der Waals surface area contributed by atoms with E-state index < -0.39 is 13.8 Å². The predicted octanol–water partition coefficient (Wildman–Crippen LogP) is 1.05. The molecule has 0 saturated heterocycles. The average Bonchev–Trinajstić information content (AvgIpc) is 2.10. The summed E-state index contributed by atoms with van der Waals surface area (Å²) in [6.07, 6.45) is 1.40. The van der Waals surface area contributed by atoms with Crippen LogP contribution in [-0.4, -0.2) is 30.6 Å². The van der Waals surface area contributed by atoms with Crippen molar-refractivity contribution in [2.45, 2.75) is 32.7 Å². The van der Waals surface area contributed by atoms with Gasteiger partial charge in [0.25, 0.3) is 0 Å². The Kier molecular flexibility index (Phi) is 11.5. The van der Waals surface area contributed by atoms with Crippen molar-refractivity contribution in [2.75, 3.05) is 12.8 Å². The first kappa shape index (κ1) is 17.9. The summed E-state index contributed by atoms with van der Waals surface area (Å²) in [6, 6.07) is -0.452. The topological polar surface area (TPSA) is 63.2 Å². The van der Waals surface area contributed by atoms with Crippen LogP contribution in [0, 0.1) is 0 Å². The van der Waals surface area contributed by atoms with Gasteiger partial charge in [-0.2, -0.15) is 0 Å². The van der Waals surface area contributed by atoms with Gasteiger partial charge in [-0.05, 0) is 13.1 Å². The molecule has 0 aliphatic heterocycles. The molecule has 0 bridgehead atoms. The summed E-state index contributed by atoms with van der Waals surface area (Å²) in [4.78, 5) is 22.1. The smallest absolute Gasteiger partial charge is 0.217 e. The summed E-state index contributed by atoms with van der Waals surface area (Å²) in [5.74, 6) is -0.212. The third-order valence-electron chi connectivity index (χ3n) is 1.90. The maximum Gasteiger partial charge on any atom is 0.217 e. The standard InChI is InChI=1S/C9H18NO3P.Y/c1-4-9(12)8(10-7(2)11)5-6-14(3)13;/h8,14H,4-6H2,1-3H3,(H,10,11);. The Morgan fingerprint density at radius 2 is 1.93 bits per heavy atom. The van der Waals surface area contributed by atoms with E-state index in [1.165, 1.54) is 6.92 Å². The Morgan fingerprint density at radius 3 is 2.27 bits per heavy atom. The zero-order valence-electron chi connectivity index (χ0n) is 9.50. The normalized spacial score (nSPS) is 13.5. The minimum Gasteiger partial charge on any atom is -0.347 e. The molecule has 85 valence electrons. The molecule has 0 aromatic rings. The second-order valence-corrected chi connectivity index (χ2v) is 5.22. The first-order chi connectivity index (χ1) is 6.47. The molecule has 0 aromatic heterocycles. The largest absolute Gasteiger partial charge is 0.347 e. The Hall–Kier alpha value is 0.474. The van der Waals surface area contributed by atoms with Crippen LogP contribution < -0.4 is 5.32 Å². The maximum absolute atomic E-state index is 11.4. The molecule has 1 N–H and O–H groups in total. The van der Waals surface area contributed by atoms with Crippen molar-refractivity contribution in [3.63, 3.8) is 0 Å². The number of amides is 1. The van der Waals surface area contributed by atoms with E-state index in [0.717, 1.165) is 0 Å². The van der Waals surface area contributed by atoms with E-state index in [0.29, 0.717) is 19.0 Å². The first-order valence-corrected chi connectivity index (χ1v) is 6.88. The summed E-state index contributed by atoms with van der Waals surface area (Å²) in [7, 11) is -1.56. The van der Waals surface area contributed by atoms with E-state index in [4.69, 9.17) is 0 Å². The van der Waals surface area contributed by atoms with Gasteiger partial charge in [0.05, 0.1) is 13.8 Å². The summed E-state index contributed by atoms with van der Waals surface area (Å²) < 4.78 is 10.9. The number of Topliss-reactive ketones (excluding diaryl/α,β-unsaturated/α-hetero) is 1. The van der Waals surface area contributed by atoms with Crippen molar-refractivity contribution >= 4 is 19.5 Å². The minimum absolute atomic E-state index is 0. The van der Waals surface area contributed by atoms with Crippen molar-refractivity contribution in [2.24, 2.45) is 0 Å². The molecule has 0 spiro atoms. The minimum atomic E-state index is -1.56. The fraction of sp³-hybridized carbons (Fsp3) is 0.778. The summed E-state index contributed by atoms with van der Waals surface area (Å²) in [5.41, 5.74) is 0. The van der Waals surface area contributed by atoms with Crippen molar-refractivity contribution in [3.05, 3.63) is 0 Å². The van der Waals surface area contributed by atoms with Gasteiger partial charge in [-0.1, -0.05) is 6.92 Å². The molecule has 0 aliphatic carbocycles. The zero-order chi connectivity index (χ0) is 11.1. The maximum atomic E-state index is 11.4. The SMILES string of the molecule is CCC(=O)C(CC[PH](C)=O)NC(C)=O.[Y]. The molecule has 0 fully saturated rings. The molecule has 4 nitrogen and oxygen atoms in total. The molecule has 0 saturated carbocycles. The van der Waals surface area contributed by atoms with Crippen molar-refractivity contribution in [1.82, 2.24) is 5.32 Å². The number of nitrogens with one attached hydrogen (secondary N) is 1. The van der Waals surface area contributed by atoms with Crippen LogP contribution in [0.25, 0.3) is 0 Å². The van der Waals surface area contributed by atoms with Crippen LogP contribution in [0.3, 0.4) is 0 Å². The molecule has 6 heteroatoms. The van der Waals surface area contributed by atoms with Crippen LogP contribution in [0.15, 0.2) is 0 Å². The number of ketones is 1. The zero-order valence-corrected chi connectivity index (χ0v) is 13.3. The number of carbonyl (C=O) groups is 2. The molecule has 0 aromatic carbocycles. The van der Waals surface area contributed by atoms with Gasteiger partial charge in [0.2, 0.25) is 5.91 Å². The average molecular weight is 308 g/mol. The van der Waals surface area contributed by atoms with Gasteiger partial charge >= 0.3 is 0 Å². The molecule has 1 radical (unpaired) electrons. The third-order valence-corrected chi connectivity index (χ3v) is 2.89. The van der Waals surface area contributed by atoms with Gasteiger partial charge < -0.3 is 9.88 Å². The fourth-order valence-electron chi connectivity index (χ4n) is 1.15. The van der Waals surface area contributed by atoms with Crippen molar-refractivity contribution in [3.8, 4) is 0 Å². The van der Waals surface area contributed by atoms with E-state index in [1.807, 2.05) is 0 Å². The van der Waals surface area contributed by atoms with Gasteiger partial charge in [-0.3, -0.25) is 9.59 Å². The number of hydrogen-bond acceptors (Lipinski definition) is 3. The Morgan fingerprint density at radius 1 is 1.40 bits per heavy atom. The third kappa shape index (κ3) is 9.41. The van der Waals surface area contributed by atoms with E-state index >= 15 is 0 Å². The molecule has 0 aliphatic rings. The molecule has 1 amide bonds. The summed E-state index contributed by atoms with van der Waals surface area (Å²) in [6.45, 7) is 4.79. The van der Waals surface area contributed by atoms with Gasteiger partial charge in [0.15, 0.2) is 5.78 Å².